The lowest BCUT2D eigenvalue weighted by atomic mass is 10.0. The zero-order valence-corrected chi connectivity index (χ0v) is 18.9. The molecule has 5 heterocycles. The van der Waals surface area contributed by atoms with E-state index in [9.17, 15) is 0 Å². The van der Waals surface area contributed by atoms with E-state index < -0.39 is 0 Å². The number of pyridine rings is 2. The van der Waals surface area contributed by atoms with Crippen LogP contribution in [-0.4, -0.2) is 31.7 Å². The fourth-order valence-electron chi connectivity index (χ4n) is 4.23. The summed E-state index contributed by atoms with van der Waals surface area (Å²) in [5.41, 5.74) is 9.40. The van der Waals surface area contributed by atoms with E-state index in [0.29, 0.717) is 5.65 Å². The molecule has 0 spiro atoms. The predicted octanol–water partition coefficient (Wildman–Crippen LogP) is 6.01. The van der Waals surface area contributed by atoms with Gasteiger partial charge in [0.05, 0.1) is 11.4 Å². The molecule has 6 nitrogen and oxygen atoms in total. The van der Waals surface area contributed by atoms with Crippen molar-refractivity contribution in [2.24, 2.45) is 0 Å². The molecule has 6 rings (SSSR count). The highest BCUT2D eigenvalue weighted by Crippen LogP contribution is 2.35. The van der Waals surface area contributed by atoms with Gasteiger partial charge in [0.15, 0.2) is 5.65 Å². The van der Waals surface area contributed by atoms with E-state index in [0.717, 1.165) is 52.1 Å². The van der Waals surface area contributed by atoms with E-state index in [4.69, 9.17) is 0 Å². The summed E-state index contributed by atoms with van der Waals surface area (Å²) in [4.78, 5) is 12.6. The van der Waals surface area contributed by atoms with E-state index in [1.807, 2.05) is 18.6 Å². The summed E-state index contributed by atoms with van der Waals surface area (Å²) in [6.07, 6.45) is 5.64. The fraction of sp³-hybridized carbons (Fsp3) is 0.115. The highest BCUT2D eigenvalue weighted by atomic mass is 32.1. The third-order valence-corrected chi connectivity index (χ3v) is 6.57. The van der Waals surface area contributed by atoms with Gasteiger partial charge >= 0.3 is 0 Å². The molecule has 1 aromatic carbocycles. The molecule has 162 valence electrons. The molecular formula is C26H22N6S. The standard InChI is InChI=1S/C26H22N6S/c1-2-27-11-16-8-18(13-28-12-16)19-9-22-25(31-32-26(22)29-14-19)24-10-21-20(17-6-7-33-15-17)4-3-5-23(21)30-24/h3-10,12-15,27,30H,2,11H2,1H3,(H,29,31,32). The summed E-state index contributed by atoms with van der Waals surface area (Å²) >= 11 is 1.71. The highest BCUT2D eigenvalue weighted by Gasteiger charge is 2.15. The van der Waals surface area contributed by atoms with Crippen LogP contribution in [0.1, 0.15) is 12.5 Å². The van der Waals surface area contributed by atoms with Crippen molar-refractivity contribution in [1.82, 2.24) is 30.5 Å². The average molecular weight is 451 g/mol. The van der Waals surface area contributed by atoms with Gasteiger partial charge in [0.1, 0.15) is 0 Å². The predicted molar refractivity (Wildman–Crippen MR) is 135 cm³/mol. The van der Waals surface area contributed by atoms with Crippen molar-refractivity contribution in [2.45, 2.75) is 13.5 Å². The first-order chi connectivity index (χ1) is 16.3. The van der Waals surface area contributed by atoms with Gasteiger partial charge < -0.3 is 10.3 Å². The molecule has 33 heavy (non-hydrogen) atoms. The summed E-state index contributed by atoms with van der Waals surface area (Å²) in [6.45, 7) is 3.82. The second-order valence-corrected chi connectivity index (χ2v) is 8.80. The Bertz CT molecular complexity index is 1560. The Morgan fingerprint density at radius 2 is 1.91 bits per heavy atom. The number of nitrogens with one attached hydrogen (secondary N) is 3. The van der Waals surface area contributed by atoms with Crippen LogP contribution in [0.3, 0.4) is 0 Å². The Hall–Kier alpha value is -3.81. The van der Waals surface area contributed by atoms with Crippen LogP contribution >= 0.6 is 11.3 Å². The van der Waals surface area contributed by atoms with Crippen LogP contribution in [0.2, 0.25) is 0 Å². The zero-order chi connectivity index (χ0) is 22.2. The second kappa shape index (κ2) is 8.27. The lowest BCUT2D eigenvalue weighted by Gasteiger charge is -2.06. The molecule has 0 amide bonds. The number of aromatic amines is 2. The van der Waals surface area contributed by atoms with Crippen molar-refractivity contribution in [2.75, 3.05) is 6.54 Å². The van der Waals surface area contributed by atoms with Crippen LogP contribution in [0.5, 0.6) is 0 Å². The number of fused-ring (bicyclic) bond motifs is 2. The minimum atomic E-state index is 0.697. The third-order valence-electron chi connectivity index (χ3n) is 5.88. The van der Waals surface area contributed by atoms with E-state index in [1.165, 1.54) is 16.5 Å². The number of hydrogen-bond donors (Lipinski definition) is 3. The molecule has 3 N–H and O–H groups in total. The summed E-state index contributed by atoms with van der Waals surface area (Å²) in [6, 6.07) is 15.0. The maximum absolute atomic E-state index is 4.61. The quantitative estimate of drug-likeness (QED) is 0.290. The van der Waals surface area contributed by atoms with E-state index >= 15 is 0 Å². The maximum Gasteiger partial charge on any atom is 0.181 e. The van der Waals surface area contributed by atoms with Gasteiger partial charge in [-0.25, -0.2) is 4.98 Å². The van der Waals surface area contributed by atoms with Gasteiger partial charge in [-0.1, -0.05) is 19.1 Å². The number of aromatic nitrogens is 5. The van der Waals surface area contributed by atoms with Crippen LogP contribution < -0.4 is 5.32 Å². The summed E-state index contributed by atoms with van der Waals surface area (Å²) in [5.74, 6) is 0. The van der Waals surface area contributed by atoms with Crippen molar-refractivity contribution in [3.05, 3.63) is 77.4 Å². The molecule has 0 aliphatic carbocycles. The molecule has 0 saturated heterocycles. The number of H-pyrrole nitrogens is 2. The Morgan fingerprint density at radius 3 is 2.79 bits per heavy atom. The topological polar surface area (TPSA) is 82.3 Å². The number of rotatable bonds is 6. The first-order valence-corrected chi connectivity index (χ1v) is 11.9. The molecule has 0 atom stereocenters. The van der Waals surface area contributed by atoms with Gasteiger partial charge in [0.2, 0.25) is 0 Å². The molecule has 0 aliphatic heterocycles. The molecule has 7 heteroatoms. The smallest absolute Gasteiger partial charge is 0.181 e. The Balaban J connectivity index is 1.44. The van der Waals surface area contributed by atoms with E-state index in [1.54, 1.807) is 11.3 Å². The van der Waals surface area contributed by atoms with Crippen molar-refractivity contribution < 1.29 is 0 Å². The normalized spacial score (nSPS) is 11.5. The Labute approximate surface area is 194 Å². The van der Waals surface area contributed by atoms with Gasteiger partial charge in [-0.2, -0.15) is 16.4 Å². The van der Waals surface area contributed by atoms with Crippen LogP contribution in [-0.2, 0) is 6.54 Å². The van der Waals surface area contributed by atoms with Gasteiger partial charge in [-0.05, 0) is 64.3 Å². The van der Waals surface area contributed by atoms with Gasteiger partial charge in [0, 0.05) is 52.6 Å². The molecule has 0 aliphatic rings. The molecule has 0 fully saturated rings. The maximum atomic E-state index is 4.61. The number of hydrogen-bond acceptors (Lipinski definition) is 5. The molecule has 0 saturated carbocycles. The fourth-order valence-corrected chi connectivity index (χ4v) is 4.89. The second-order valence-electron chi connectivity index (χ2n) is 8.02. The zero-order valence-electron chi connectivity index (χ0n) is 18.1. The number of nitrogens with zero attached hydrogens (tertiary/aromatic N) is 3. The lowest BCUT2D eigenvalue weighted by Crippen LogP contribution is -2.11. The summed E-state index contributed by atoms with van der Waals surface area (Å²) < 4.78 is 0. The van der Waals surface area contributed by atoms with Crippen molar-refractivity contribution >= 4 is 33.3 Å². The van der Waals surface area contributed by atoms with Crippen molar-refractivity contribution in [1.29, 1.82) is 0 Å². The number of thiophene rings is 1. The first-order valence-electron chi connectivity index (χ1n) is 10.9. The lowest BCUT2D eigenvalue weighted by molar-refractivity contribution is 0.724. The van der Waals surface area contributed by atoms with Gasteiger partial charge in [-0.3, -0.25) is 10.1 Å². The van der Waals surface area contributed by atoms with Crippen LogP contribution in [0.4, 0.5) is 0 Å². The molecule has 0 radical (unpaired) electrons. The minimum absolute atomic E-state index is 0.697. The molecular weight excluding hydrogens is 428 g/mol. The SMILES string of the molecule is CCNCc1cncc(-c2cnc3n[nH]c(-c4cc5c(-c6ccsc6)cccc5[nH]4)c3c2)c1. The monoisotopic (exact) mass is 450 g/mol. The van der Waals surface area contributed by atoms with Crippen molar-refractivity contribution in [3.63, 3.8) is 0 Å². The number of benzene rings is 1. The largest absolute Gasteiger partial charge is 0.353 e. The summed E-state index contributed by atoms with van der Waals surface area (Å²) in [5, 5.41) is 17.5. The summed E-state index contributed by atoms with van der Waals surface area (Å²) in [7, 11) is 0. The highest BCUT2D eigenvalue weighted by molar-refractivity contribution is 7.08. The minimum Gasteiger partial charge on any atom is -0.353 e. The van der Waals surface area contributed by atoms with E-state index in [2.05, 4.69) is 90.6 Å². The average Bonchev–Trinajstić information content (AvgIpc) is 3.61. The third kappa shape index (κ3) is 3.61. The van der Waals surface area contributed by atoms with Gasteiger partial charge in [-0.15, -0.1) is 0 Å². The Kier molecular flexibility index (Phi) is 4.97. The van der Waals surface area contributed by atoms with E-state index in [-0.39, 0.29) is 0 Å². The van der Waals surface area contributed by atoms with Gasteiger partial charge in [0.25, 0.3) is 0 Å². The molecule has 0 unspecified atom stereocenters. The molecule has 6 aromatic rings. The van der Waals surface area contributed by atoms with Crippen LogP contribution in [0.25, 0.3) is 55.6 Å². The molecule has 0 bridgehead atoms. The first kappa shape index (κ1) is 19.8. The van der Waals surface area contributed by atoms with Crippen LogP contribution in [0.15, 0.2) is 71.8 Å². The molecule has 5 aromatic heterocycles. The van der Waals surface area contributed by atoms with Crippen molar-refractivity contribution in [3.8, 4) is 33.6 Å². The Morgan fingerprint density at radius 1 is 0.970 bits per heavy atom. The van der Waals surface area contributed by atoms with Crippen LogP contribution in [0, 0.1) is 0 Å².